The smallest absolute Gasteiger partial charge is 0.407 e. The van der Waals surface area contributed by atoms with Crippen LogP contribution in [0.1, 0.15) is 40.0 Å². The first kappa shape index (κ1) is 62.3. The highest BCUT2D eigenvalue weighted by Crippen LogP contribution is 2.65. The van der Waals surface area contributed by atoms with Crippen molar-refractivity contribution < 1.29 is 160 Å². The minimum absolute atomic E-state index is 0.632. The van der Waals surface area contributed by atoms with E-state index in [1.807, 2.05) is 0 Å². The fourth-order valence-electron chi connectivity index (χ4n) is 6.52. The summed E-state index contributed by atoms with van der Waals surface area (Å²) in [6.45, 7) is -6.15. The molecule has 2 N–H and O–H groups in total. The minimum atomic E-state index is -8.87. The van der Waals surface area contributed by atoms with Gasteiger partial charge in [-0.25, -0.2) is 27.2 Å². The third kappa shape index (κ3) is 9.46. The van der Waals surface area contributed by atoms with Crippen LogP contribution in [0.15, 0.2) is 0 Å². The van der Waals surface area contributed by atoms with Crippen LogP contribution in [0, 0.1) is 10.8 Å². The number of carbonyl (C=O) groups is 2. The Morgan fingerprint density at radius 2 is 0.838 bits per heavy atom. The van der Waals surface area contributed by atoms with Crippen molar-refractivity contribution in [3.05, 3.63) is 0 Å². The molecular weight excluding hydrogens is 1060 g/mol. The van der Waals surface area contributed by atoms with Gasteiger partial charge in [-0.3, -0.25) is 4.90 Å². The molecule has 0 aromatic rings. The van der Waals surface area contributed by atoms with Gasteiger partial charge in [0.05, 0.1) is 6.54 Å². The molecule has 404 valence electrons. The average molecular weight is 1090 g/mol. The molecule has 1 aliphatic carbocycles. The molecule has 0 aromatic heterocycles. The van der Waals surface area contributed by atoms with Crippen LogP contribution in [0.25, 0.3) is 0 Å². The Bertz CT molecular complexity index is 1820. The molecule has 0 radical (unpaired) electrons. The van der Waals surface area contributed by atoms with E-state index in [2.05, 4.69) is 4.74 Å². The second kappa shape index (κ2) is 17.6. The Hall–Kier alpha value is -3.70. The van der Waals surface area contributed by atoms with Crippen molar-refractivity contribution in [1.29, 1.82) is 0 Å². The molecule has 6 nitrogen and oxygen atoms in total. The first-order valence-corrected chi connectivity index (χ1v) is 17.1. The monoisotopic (exact) mass is 1090 g/mol. The maximum Gasteiger partial charge on any atom is 0.407 e. The zero-order valence-corrected chi connectivity index (χ0v) is 32.7. The van der Waals surface area contributed by atoms with E-state index in [1.54, 1.807) is 0 Å². The SMILES string of the molecule is CC1(C)CC(N(CC(F)(F)C(F)(F)C(F)(F)C(F)(F)C(F)(F)C(F)(F)C(F)(F)C(F)F)C(=O)O)CC(C)(CNC(=O)OCC(F)(F)C(F)(F)C(F)(F)C(F)(F)C(F)(F)C(F)(F)C(F)(F)C(F)F)C1. The van der Waals surface area contributed by atoms with E-state index in [-0.39, 0.29) is 0 Å². The Balaban J connectivity index is 3.48. The molecule has 0 aliphatic heterocycles. The van der Waals surface area contributed by atoms with E-state index in [0.717, 1.165) is 20.8 Å². The number of rotatable bonds is 21. The van der Waals surface area contributed by atoms with Gasteiger partial charge in [0.1, 0.15) is 0 Å². The number of halogens is 32. The molecule has 68 heavy (non-hydrogen) atoms. The summed E-state index contributed by atoms with van der Waals surface area (Å²) in [6, 6.07) is -2.47. The molecule has 0 spiro atoms. The molecule has 2 unspecified atom stereocenters. The number of alkyl carbamates (subject to hydrolysis) is 1. The van der Waals surface area contributed by atoms with Crippen molar-refractivity contribution in [2.75, 3.05) is 19.7 Å². The van der Waals surface area contributed by atoms with Crippen molar-refractivity contribution in [2.45, 2.75) is 142 Å². The number of carboxylic acid groups (broad SMARTS) is 1. The summed E-state index contributed by atoms with van der Waals surface area (Å²) in [5.74, 6) is -116. The molecule has 2 atom stereocenters. The standard InChI is InChI=1S/C30H26F32N2O4/c1-15(2)4-10(64(14(66)67)8-17(35,36)21(43,44)25(51,52)29(59,60)27(55,56)23(47,48)19(39,40)11(31)32)5-16(3,6-15)7-63-13(65)68-9-18(37,38)22(45,46)26(53,54)30(61,62)28(57,58)24(49,50)20(41,42)12(33)34/h10-12H,4-9H2,1-3H3,(H,63,65)(H,66,67). The number of nitrogens with zero attached hydrogens (tertiary/aromatic N) is 1. The highest BCUT2D eigenvalue weighted by atomic mass is 19.4. The predicted molar refractivity (Wildman–Crippen MR) is 155 cm³/mol. The van der Waals surface area contributed by atoms with E-state index >= 15 is 0 Å². The van der Waals surface area contributed by atoms with Crippen molar-refractivity contribution in [2.24, 2.45) is 10.8 Å². The molecule has 0 bridgehead atoms. The quantitative estimate of drug-likeness (QED) is 0.112. The number of nitrogens with one attached hydrogen (secondary N) is 1. The Morgan fingerprint density at radius 3 is 1.16 bits per heavy atom. The molecule has 1 fully saturated rings. The highest BCUT2D eigenvalue weighted by molar-refractivity contribution is 5.67. The summed E-state index contributed by atoms with van der Waals surface area (Å²) in [4.78, 5) is 22.9. The molecule has 38 heteroatoms. The molecule has 0 saturated heterocycles. The summed E-state index contributed by atoms with van der Waals surface area (Å²) >= 11 is 0. The lowest BCUT2D eigenvalue weighted by atomic mass is 9.62. The summed E-state index contributed by atoms with van der Waals surface area (Å²) in [7, 11) is 0. The highest BCUT2D eigenvalue weighted by Gasteiger charge is 2.95. The number of amides is 2. The second-order valence-corrected chi connectivity index (χ2v) is 16.1. The lowest BCUT2D eigenvalue weighted by Crippen LogP contribution is -2.74. The largest absolute Gasteiger partial charge is 0.465 e. The minimum Gasteiger partial charge on any atom is -0.465 e. The van der Waals surface area contributed by atoms with Crippen molar-refractivity contribution in [3.8, 4) is 0 Å². The summed E-state index contributed by atoms with van der Waals surface area (Å²) < 4.78 is 442. The lowest BCUT2D eigenvalue weighted by molar-refractivity contribution is -0.447. The maximum atomic E-state index is 14.9. The second-order valence-electron chi connectivity index (χ2n) is 16.1. The third-order valence-electron chi connectivity index (χ3n) is 9.98. The number of carbonyl (C=O) groups excluding carboxylic acids is 1. The van der Waals surface area contributed by atoms with Gasteiger partial charge in [0.2, 0.25) is 0 Å². The van der Waals surface area contributed by atoms with E-state index < -0.39 is 169 Å². The van der Waals surface area contributed by atoms with Gasteiger partial charge in [-0.2, -0.15) is 123 Å². The number of hydrogen-bond donors (Lipinski definition) is 2. The topological polar surface area (TPSA) is 78.9 Å². The van der Waals surface area contributed by atoms with Crippen LogP contribution in [-0.4, -0.2) is 144 Å². The van der Waals surface area contributed by atoms with Crippen LogP contribution in [0.4, 0.5) is 150 Å². The predicted octanol–water partition coefficient (Wildman–Crippen LogP) is 12.7. The first-order chi connectivity index (χ1) is 29.3. The average Bonchev–Trinajstić information content (AvgIpc) is 3.13. The molecule has 1 aliphatic rings. The molecule has 2 amide bonds. The van der Waals surface area contributed by atoms with Gasteiger partial charge in [0.15, 0.2) is 6.61 Å². The van der Waals surface area contributed by atoms with Crippen LogP contribution in [-0.2, 0) is 4.74 Å². The Morgan fingerprint density at radius 1 is 0.529 bits per heavy atom. The Labute approximate surface area is 355 Å². The summed E-state index contributed by atoms with van der Waals surface area (Å²) in [5, 5.41) is 10.7. The fourth-order valence-corrected chi connectivity index (χ4v) is 6.52. The lowest BCUT2D eigenvalue weighted by Gasteiger charge is -2.50. The molecular formula is C30H26F32N2O4. The van der Waals surface area contributed by atoms with E-state index in [0.29, 0.717) is 0 Å². The van der Waals surface area contributed by atoms with Crippen molar-refractivity contribution in [3.63, 3.8) is 0 Å². The van der Waals surface area contributed by atoms with Crippen LogP contribution in [0.2, 0.25) is 0 Å². The van der Waals surface area contributed by atoms with Crippen molar-refractivity contribution in [1.82, 2.24) is 10.2 Å². The Kier molecular flexibility index (Phi) is 16.1. The van der Waals surface area contributed by atoms with Gasteiger partial charge in [-0.15, -0.1) is 0 Å². The zero-order chi connectivity index (χ0) is 55.1. The summed E-state index contributed by atoms with van der Waals surface area (Å²) in [5.41, 5.74) is -3.89. The number of ether oxygens (including phenoxy) is 1. The van der Waals surface area contributed by atoms with Gasteiger partial charge in [-0.1, -0.05) is 20.8 Å². The van der Waals surface area contributed by atoms with Crippen LogP contribution in [0.3, 0.4) is 0 Å². The number of hydrogen-bond acceptors (Lipinski definition) is 3. The molecule has 0 heterocycles. The van der Waals surface area contributed by atoms with Gasteiger partial charge in [0.25, 0.3) is 0 Å². The van der Waals surface area contributed by atoms with Crippen LogP contribution >= 0.6 is 0 Å². The molecule has 0 aromatic carbocycles. The van der Waals surface area contributed by atoms with E-state index in [4.69, 9.17) is 0 Å². The van der Waals surface area contributed by atoms with Gasteiger partial charge in [0, 0.05) is 12.6 Å². The van der Waals surface area contributed by atoms with E-state index in [9.17, 15) is 155 Å². The maximum absolute atomic E-state index is 14.9. The normalized spacial score (nSPS) is 20.8. The van der Waals surface area contributed by atoms with Crippen LogP contribution < -0.4 is 5.32 Å². The molecule has 1 saturated carbocycles. The zero-order valence-electron chi connectivity index (χ0n) is 32.7. The van der Waals surface area contributed by atoms with E-state index in [1.165, 1.54) is 5.32 Å². The third-order valence-corrected chi connectivity index (χ3v) is 9.98. The van der Waals surface area contributed by atoms with Gasteiger partial charge in [-0.05, 0) is 30.1 Å². The van der Waals surface area contributed by atoms with Gasteiger partial charge < -0.3 is 15.2 Å². The molecule has 1 rings (SSSR count). The first-order valence-electron chi connectivity index (χ1n) is 17.1. The van der Waals surface area contributed by atoms with Gasteiger partial charge >= 0.3 is 108 Å². The van der Waals surface area contributed by atoms with Crippen molar-refractivity contribution >= 4 is 12.2 Å². The number of alkyl halides is 32. The van der Waals surface area contributed by atoms with Crippen LogP contribution in [0.5, 0.6) is 0 Å². The fraction of sp³-hybridized carbons (Fsp3) is 0.933. The summed E-state index contributed by atoms with van der Waals surface area (Å²) in [6.07, 6.45) is -20.9.